The van der Waals surface area contributed by atoms with Crippen LogP contribution in [0, 0.1) is 13.8 Å². The van der Waals surface area contributed by atoms with Gasteiger partial charge in [0.1, 0.15) is 30.0 Å². The van der Waals surface area contributed by atoms with E-state index < -0.39 is 6.10 Å². The van der Waals surface area contributed by atoms with Crippen molar-refractivity contribution in [2.45, 2.75) is 26.9 Å². The van der Waals surface area contributed by atoms with Crippen molar-refractivity contribution in [3.63, 3.8) is 0 Å². The number of hydrogen-bond donors (Lipinski definition) is 1. The van der Waals surface area contributed by atoms with E-state index in [0.717, 1.165) is 11.1 Å². The lowest BCUT2D eigenvalue weighted by Crippen LogP contribution is -2.30. The zero-order chi connectivity index (χ0) is 17.8. The Morgan fingerprint density at radius 2 is 1.92 bits per heavy atom. The quantitative estimate of drug-likeness (QED) is 0.774. The minimum Gasteiger partial charge on any atom is -0.481 e. The number of hydrogen-bond acceptors (Lipinski definition) is 5. The van der Waals surface area contributed by atoms with Crippen molar-refractivity contribution in [1.29, 1.82) is 0 Å². The first-order valence-electron chi connectivity index (χ1n) is 7.87. The summed E-state index contributed by atoms with van der Waals surface area (Å²) >= 11 is 0. The summed E-state index contributed by atoms with van der Waals surface area (Å²) in [5, 5.41) is 2.74. The molecule has 1 unspecified atom stereocenters. The van der Waals surface area contributed by atoms with E-state index in [2.05, 4.69) is 26.3 Å². The van der Waals surface area contributed by atoms with Gasteiger partial charge in [-0.15, -0.1) is 0 Å². The van der Waals surface area contributed by atoms with Gasteiger partial charge in [0, 0.05) is 18.5 Å². The molecule has 0 radical (unpaired) electrons. The lowest BCUT2D eigenvalue weighted by Gasteiger charge is -2.15. The van der Waals surface area contributed by atoms with Crippen molar-refractivity contribution < 1.29 is 9.53 Å². The van der Waals surface area contributed by atoms with Gasteiger partial charge in [-0.3, -0.25) is 9.36 Å². The van der Waals surface area contributed by atoms with Crippen molar-refractivity contribution in [3.8, 4) is 11.6 Å². The summed E-state index contributed by atoms with van der Waals surface area (Å²) in [6, 6.07) is 7.52. The standard InChI is InChI=1S/C18H19N5O2/c1-12-6-13(2)8-15(7-12)25-14(3)18(24)22-16-9-17(21-10-20-16)23-5-4-19-11-23/h4-11,14H,1-3H3,(H,20,21,22,24). The first kappa shape index (κ1) is 16.6. The number of nitrogens with zero attached hydrogens (tertiary/aromatic N) is 4. The Morgan fingerprint density at radius 3 is 2.60 bits per heavy atom. The molecule has 0 spiro atoms. The third-order valence-electron chi connectivity index (χ3n) is 3.55. The Hall–Kier alpha value is -3.22. The number of carbonyl (C=O) groups is 1. The van der Waals surface area contributed by atoms with Crippen LogP contribution < -0.4 is 10.1 Å². The van der Waals surface area contributed by atoms with Gasteiger partial charge in [-0.1, -0.05) is 6.07 Å². The number of rotatable bonds is 5. The largest absolute Gasteiger partial charge is 0.481 e. The maximum Gasteiger partial charge on any atom is 0.266 e. The van der Waals surface area contributed by atoms with Crippen LogP contribution in [0.1, 0.15) is 18.1 Å². The fourth-order valence-electron chi connectivity index (χ4n) is 2.44. The van der Waals surface area contributed by atoms with Gasteiger partial charge in [0.05, 0.1) is 0 Å². The van der Waals surface area contributed by atoms with Gasteiger partial charge in [-0.2, -0.15) is 0 Å². The number of nitrogens with one attached hydrogen (secondary N) is 1. The van der Waals surface area contributed by atoms with Gasteiger partial charge in [-0.25, -0.2) is 15.0 Å². The van der Waals surface area contributed by atoms with Crippen molar-refractivity contribution in [2.75, 3.05) is 5.32 Å². The number of carbonyl (C=O) groups excluding carboxylic acids is 1. The number of amides is 1. The third-order valence-corrected chi connectivity index (χ3v) is 3.55. The Bertz CT molecular complexity index is 857. The Balaban J connectivity index is 1.68. The zero-order valence-electron chi connectivity index (χ0n) is 14.3. The predicted octanol–water partition coefficient (Wildman–Crippen LogP) is 2.69. The molecule has 3 rings (SSSR count). The van der Waals surface area contributed by atoms with E-state index in [0.29, 0.717) is 17.4 Å². The summed E-state index contributed by atoms with van der Waals surface area (Å²) in [5.41, 5.74) is 2.17. The monoisotopic (exact) mass is 337 g/mol. The first-order chi connectivity index (χ1) is 12.0. The van der Waals surface area contributed by atoms with Crippen molar-refractivity contribution in [3.05, 3.63) is 60.4 Å². The second-order valence-electron chi connectivity index (χ2n) is 5.80. The number of imidazole rings is 1. The van der Waals surface area contributed by atoms with Crippen molar-refractivity contribution in [1.82, 2.24) is 19.5 Å². The van der Waals surface area contributed by atoms with E-state index >= 15 is 0 Å². The molecule has 2 aromatic heterocycles. The highest BCUT2D eigenvalue weighted by molar-refractivity contribution is 5.93. The molecule has 25 heavy (non-hydrogen) atoms. The second-order valence-corrected chi connectivity index (χ2v) is 5.80. The summed E-state index contributed by atoms with van der Waals surface area (Å²) in [4.78, 5) is 24.6. The number of aromatic nitrogens is 4. The minimum atomic E-state index is -0.659. The fourth-order valence-corrected chi connectivity index (χ4v) is 2.44. The molecule has 7 nitrogen and oxygen atoms in total. The van der Waals surface area contributed by atoms with Crippen LogP contribution in [0.4, 0.5) is 5.82 Å². The lowest BCUT2D eigenvalue weighted by molar-refractivity contribution is -0.122. The molecule has 0 bridgehead atoms. The maximum atomic E-state index is 12.4. The van der Waals surface area contributed by atoms with Gasteiger partial charge < -0.3 is 10.1 Å². The summed E-state index contributed by atoms with van der Waals surface area (Å²) in [6.07, 6.45) is 5.77. The molecule has 0 aliphatic carbocycles. The van der Waals surface area contributed by atoms with Gasteiger partial charge in [-0.05, 0) is 44.0 Å². The van der Waals surface area contributed by atoms with E-state index in [1.165, 1.54) is 6.33 Å². The molecule has 3 aromatic rings. The summed E-state index contributed by atoms with van der Waals surface area (Å²) in [5.74, 6) is 1.40. The van der Waals surface area contributed by atoms with Crippen LogP contribution in [-0.2, 0) is 4.79 Å². The number of aryl methyl sites for hydroxylation is 2. The summed E-state index contributed by atoms with van der Waals surface area (Å²) < 4.78 is 7.47. The Morgan fingerprint density at radius 1 is 1.16 bits per heavy atom. The molecule has 1 aromatic carbocycles. The van der Waals surface area contributed by atoms with E-state index in [-0.39, 0.29) is 5.91 Å². The normalized spacial score (nSPS) is 11.8. The topological polar surface area (TPSA) is 81.9 Å². The molecule has 0 fully saturated rings. The molecule has 7 heteroatoms. The lowest BCUT2D eigenvalue weighted by atomic mass is 10.1. The minimum absolute atomic E-state index is 0.283. The average Bonchev–Trinajstić information content (AvgIpc) is 3.08. The molecule has 128 valence electrons. The van der Waals surface area contributed by atoms with Crippen LogP contribution in [0.2, 0.25) is 0 Å². The highest BCUT2D eigenvalue weighted by Gasteiger charge is 2.16. The van der Waals surface area contributed by atoms with Crippen LogP contribution in [-0.4, -0.2) is 31.5 Å². The first-order valence-corrected chi connectivity index (χ1v) is 7.87. The third kappa shape index (κ3) is 4.20. The smallest absolute Gasteiger partial charge is 0.266 e. The van der Waals surface area contributed by atoms with Crippen LogP contribution in [0.5, 0.6) is 5.75 Å². The van der Waals surface area contributed by atoms with Gasteiger partial charge in [0.25, 0.3) is 5.91 Å². The fraction of sp³-hybridized carbons (Fsp3) is 0.222. The van der Waals surface area contributed by atoms with E-state index in [1.54, 1.807) is 36.3 Å². The van der Waals surface area contributed by atoms with E-state index in [4.69, 9.17) is 4.74 Å². The molecule has 0 aliphatic heterocycles. The number of ether oxygens (including phenoxy) is 1. The highest BCUT2D eigenvalue weighted by atomic mass is 16.5. The van der Waals surface area contributed by atoms with Crippen molar-refractivity contribution in [2.24, 2.45) is 0 Å². The zero-order valence-corrected chi connectivity index (χ0v) is 14.3. The number of benzene rings is 1. The molecule has 2 heterocycles. The molecule has 1 amide bonds. The van der Waals surface area contributed by atoms with E-state index in [1.807, 2.05) is 26.0 Å². The molecule has 1 N–H and O–H groups in total. The molecule has 0 aliphatic rings. The van der Waals surface area contributed by atoms with Gasteiger partial charge >= 0.3 is 0 Å². The Kier molecular flexibility index (Phi) is 4.74. The SMILES string of the molecule is Cc1cc(C)cc(OC(C)C(=O)Nc2cc(-n3ccnc3)ncn2)c1. The molecule has 0 saturated heterocycles. The van der Waals surface area contributed by atoms with Crippen LogP contribution in [0.3, 0.4) is 0 Å². The van der Waals surface area contributed by atoms with Crippen LogP contribution in [0.25, 0.3) is 5.82 Å². The van der Waals surface area contributed by atoms with E-state index in [9.17, 15) is 4.79 Å². The Labute approximate surface area is 145 Å². The molecule has 0 saturated carbocycles. The number of anilines is 1. The van der Waals surface area contributed by atoms with Crippen LogP contribution >= 0.6 is 0 Å². The summed E-state index contributed by atoms with van der Waals surface area (Å²) in [7, 11) is 0. The van der Waals surface area contributed by atoms with Gasteiger partial charge in [0.2, 0.25) is 0 Å². The average molecular weight is 337 g/mol. The van der Waals surface area contributed by atoms with Crippen LogP contribution in [0.15, 0.2) is 49.3 Å². The maximum absolute atomic E-state index is 12.4. The predicted molar refractivity (Wildman–Crippen MR) is 93.8 cm³/mol. The molecular formula is C18H19N5O2. The highest BCUT2D eigenvalue weighted by Crippen LogP contribution is 2.18. The molecule has 1 atom stereocenters. The van der Waals surface area contributed by atoms with Gasteiger partial charge in [0.15, 0.2) is 6.10 Å². The molecular weight excluding hydrogens is 318 g/mol. The second kappa shape index (κ2) is 7.12. The van der Waals surface area contributed by atoms with Crippen molar-refractivity contribution >= 4 is 11.7 Å². The summed E-state index contributed by atoms with van der Waals surface area (Å²) in [6.45, 7) is 5.68.